The van der Waals surface area contributed by atoms with Crippen LogP contribution < -0.4 is 10.6 Å². The maximum Gasteiger partial charge on any atom is 0.309 e. The van der Waals surface area contributed by atoms with E-state index in [-0.39, 0.29) is 18.9 Å². The summed E-state index contributed by atoms with van der Waals surface area (Å²) in [5.74, 6) is -1.56. The molecule has 2 amide bonds. The third-order valence-electron chi connectivity index (χ3n) is 3.21. The molecule has 1 rings (SSSR count). The maximum atomic E-state index is 11.8. The number of Topliss-reactive ketones (excluding diaryl/α,β-unsaturated/α-hetero) is 1. The van der Waals surface area contributed by atoms with Gasteiger partial charge in [0.05, 0.1) is 0 Å². The lowest BCUT2D eigenvalue weighted by Gasteiger charge is -2.08. The monoisotopic (exact) mass is 341 g/mol. The molecule has 25 heavy (non-hydrogen) atoms. The van der Waals surface area contributed by atoms with Crippen molar-refractivity contribution in [3.05, 3.63) is 59.8 Å². The third-order valence-corrected chi connectivity index (χ3v) is 3.21. The van der Waals surface area contributed by atoms with E-state index in [2.05, 4.69) is 15.6 Å². The second kappa shape index (κ2) is 10.7. The number of hydrogen-bond donors (Lipinski definition) is 2. The summed E-state index contributed by atoms with van der Waals surface area (Å²) >= 11 is 0. The highest BCUT2D eigenvalue weighted by atomic mass is 16.2. The van der Waals surface area contributed by atoms with Crippen LogP contribution >= 0.6 is 0 Å². The molecule has 6 heteroatoms. The van der Waals surface area contributed by atoms with Crippen LogP contribution in [-0.2, 0) is 16.1 Å². The second-order valence-corrected chi connectivity index (χ2v) is 5.26. The van der Waals surface area contributed by atoms with Crippen molar-refractivity contribution in [2.75, 3.05) is 6.54 Å². The highest BCUT2D eigenvalue weighted by Gasteiger charge is 2.13. The van der Waals surface area contributed by atoms with Crippen molar-refractivity contribution in [1.82, 2.24) is 10.6 Å². The Kier molecular flexibility index (Phi) is 8.57. The molecule has 0 saturated carbocycles. The van der Waals surface area contributed by atoms with E-state index in [9.17, 15) is 14.4 Å². The Morgan fingerprint density at radius 2 is 1.76 bits per heavy atom. The lowest BCUT2D eigenvalue weighted by atomic mass is 10.0. The van der Waals surface area contributed by atoms with Crippen molar-refractivity contribution >= 4 is 23.3 Å². The van der Waals surface area contributed by atoms with Crippen LogP contribution in [0.2, 0.25) is 0 Å². The lowest BCUT2D eigenvalue weighted by Crippen LogP contribution is -2.39. The SMILES string of the molecule is C\C=C/N=C(C)\C=C\CNC(=O)C(=O)NCc1ccccc1C(C)=O. The van der Waals surface area contributed by atoms with Gasteiger partial charge in [-0.05, 0) is 32.4 Å². The van der Waals surface area contributed by atoms with Gasteiger partial charge in [-0.2, -0.15) is 0 Å². The van der Waals surface area contributed by atoms with E-state index in [0.29, 0.717) is 11.1 Å². The standard InChI is InChI=1S/C19H23N3O3/c1-4-11-20-14(2)8-7-12-21-18(24)19(25)22-13-16-9-5-6-10-17(16)15(3)23/h4-11H,12-13H2,1-3H3,(H,21,24)(H,22,25)/b8-7+,11-4-,20-14-. The van der Waals surface area contributed by atoms with Gasteiger partial charge in [-0.3, -0.25) is 19.4 Å². The van der Waals surface area contributed by atoms with E-state index in [1.807, 2.05) is 19.9 Å². The zero-order valence-electron chi connectivity index (χ0n) is 14.7. The Bertz CT molecular complexity index is 718. The smallest absolute Gasteiger partial charge is 0.309 e. The van der Waals surface area contributed by atoms with Crippen LogP contribution in [0.1, 0.15) is 36.7 Å². The highest BCUT2D eigenvalue weighted by Crippen LogP contribution is 2.08. The van der Waals surface area contributed by atoms with Crippen molar-refractivity contribution in [1.29, 1.82) is 0 Å². The molecule has 0 aliphatic rings. The van der Waals surface area contributed by atoms with Crippen molar-refractivity contribution in [3.8, 4) is 0 Å². The molecule has 6 nitrogen and oxygen atoms in total. The van der Waals surface area contributed by atoms with E-state index in [1.165, 1.54) is 6.92 Å². The fourth-order valence-electron chi connectivity index (χ4n) is 1.97. The van der Waals surface area contributed by atoms with Gasteiger partial charge >= 0.3 is 11.8 Å². The minimum Gasteiger partial charge on any atom is -0.344 e. The van der Waals surface area contributed by atoms with Crippen molar-refractivity contribution in [2.24, 2.45) is 4.99 Å². The summed E-state index contributed by atoms with van der Waals surface area (Å²) in [4.78, 5) is 39.2. The number of hydrogen-bond acceptors (Lipinski definition) is 4. The lowest BCUT2D eigenvalue weighted by molar-refractivity contribution is -0.139. The zero-order valence-corrected chi connectivity index (χ0v) is 14.7. The molecular weight excluding hydrogens is 318 g/mol. The van der Waals surface area contributed by atoms with Gasteiger partial charge in [0.2, 0.25) is 0 Å². The average molecular weight is 341 g/mol. The molecule has 0 bridgehead atoms. The molecule has 0 aromatic heterocycles. The number of nitrogens with zero attached hydrogens (tertiary/aromatic N) is 1. The zero-order chi connectivity index (χ0) is 18.7. The molecule has 2 N–H and O–H groups in total. The first-order valence-corrected chi connectivity index (χ1v) is 7.92. The fourth-order valence-corrected chi connectivity index (χ4v) is 1.97. The molecule has 0 aliphatic heterocycles. The summed E-state index contributed by atoms with van der Waals surface area (Å²) in [5, 5.41) is 5.00. The molecule has 0 aliphatic carbocycles. The summed E-state index contributed by atoms with van der Waals surface area (Å²) in [6.07, 6.45) is 6.94. The third kappa shape index (κ3) is 7.39. The van der Waals surface area contributed by atoms with Crippen molar-refractivity contribution in [3.63, 3.8) is 0 Å². The van der Waals surface area contributed by atoms with Crippen molar-refractivity contribution in [2.45, 2.75) is 27.3 Å². The maximum absolute atomic E-state index is 11.8. The van der Waals surface area contributed by atoms with Gasteiger partial charge in [0.15, 0.2) is 5.78 Å². The molecule has 0 atom stereocenters. The molecule has 0 fully saturated rings. The summed E-state index contributed by atoms with van der Waals surface area (Å²) in [7, 11) is 0. The van der Waals surface area contributed by atoms with E-state index < -0.39 is 11.8 Å². The van der Waals surface area contributed by atoms with Crippen molar-refractivity contribution < 1.29 is 14.4 Å². The van der Waals surface area contributed by atoms with Gasteiger partial charge in [0, 0.05) is 30.6 Å². The van der Waals surface area contributed by atoms with Crippen LogP contribution in [-0.4, -0.2) is 29.9 Å². The molecule has 1 aromatic rings. The Labute approximate surface area is 147 Å². The molecule has 1 aromatic carbocycles. The van der Waals surface area contributed by atoms with Gasteiger partial charge < -0.3 is 10.6 Å². The van der Waals surface area contributed by atoms with E-state index in [4.69, 9.17) is 0 Å². The Morgan fingerprint density at radius 1 is 1.08 bits per heavy atom. The van der Waals surface area contributed by atoms with Gasteiger partial charge in [0.1, 0.15) is 0 Å². The van der Waals surface area contributed by atoms with Gasteiger partial charge in [-0.1, -0.05) is 36.4 Å². The minimum atomic E-state index is -0.744. The second-order valence-electron chi connectivity index (χ2n) is 5.26. The fraction of sp³-hybridized carbons (Fsp3) is 0.263. The van der Waals surface area contributed by atoms with E-state index in [1.54, 1.807) is 42.6 Å². The summed E-state index contributed by atoms with van der Waals surface area (Å²) in [5.41, 5.74) is 1.99. The molecule has 0 spiro atoms. The molecule has 0 saturated heterocycles. The number of aliphatic imine (C=N–C) groups is 1. The molecule has 0 heterocycles. The minimum absolute atomic E-state index is 0.0885. The number of ketones is 1. The number of carbonyl (C=O) groups excluding carboxylic acids is 3. The Hall–Kier alpha value is -3.02. The molecular formula is C19H23N3O3. The predicted molar refractivity (Wildman–Crippen MR) is 98.4 cm³/mol. The Morgan fingerprint density at radius 3 is 2.44 bits per heavy atom. The Balaban J connectivity index is 2.47. The summed E-state index contributed by atoms with van der Waals surface area (Å²) in [6, 6.07) is 6.95. The van der Waals surface area contributed by atoms with E-state index in [0.717, 1.165) is 5.71 Å². The first-order chi connectivity index (χ1) is 12.0. The average Bonchev–Trinajstić information content (AvgIpc) is 2.61. The number of carbonyl (C=O) groups is 3. The summed E-state index contributed by atoms with van der Waals surface area (Å²) in [6.45, 7) is 5.50. The molecule has 0 unspecified atom stereocenters. The first-order valence-electron chi connectivity index (χ1n) is 7.92. The predicted octanol–water partition coefficient (Wildman–Crippen LogP) is 2.17. The largest absolute Gasteiger partial charge is 0.344 e. The van der Waals surface area contributed by atoms with Crippen LogP contribution in [0.4, 0.5) is 0 Å². The van der Waals surface area contributed by atoms with Crippen LogP contribution in [0.15, 0.2) is 53.7 Å². The normalized spacial score (nSPS) is 11.7. The van der Waals surface area contributed by atoms with Gasteiger partial charge in [-0.15, -0.1) is 0 Å². The van der Waals surface area contributed by atoms with Crippen LogP contribution in [0.5, 0.6) is 0 Å². The van der Waals surface area contributed by atoms with E-state index >= 15 is 0 Å². The number of nitrogens with one attached hydrogen (secondary N) is 2. The summed E-state index contributed by atoms with van der Waals surface area (Å²) < 4.78 is 0. The topological polar surface area (TPSA) is 87.6 Å². The van der Waals surface area contributed by atoms with Crippen LogP contribution in [0, 0.1) is 0 Å². The van der Waals surface area contributed by atoms with Crippen LogP contribution in [0.25, 0.3) is 0 Å². The number of allylic oxidation sites excluding steroid dienone is 2. The molecule has 0 radical (unpaired) electrons. The first kappa shape index (κ1) is 20.0. The number of amides is 2. The van der Waals surface area contributed by atoms with Gasteiger partial charge in [0.25, 0.3) is 0 Å². The number of benzene rings is 1. The number of rotatable bonds is 7. The highest BCUT2D eigenvalue weighted by molar-refractivity contribution is 6.35. The van der Waals surface area contributed by atoms with Gasteiger partial charge in [-0.25, -0.2) is 0 Å². The quantitative estimate of drug-likeness (QED) is 0.453. The van der Waals surface area contributed by atoms with Crippen LogP contribution in [0.3, 0.4) is 0 Å². The molecule has 132 valence electrons.